The zero-order chi connectivity index (χ0) is 13.4. The van der Waals surface area contributed by atoms with Crippen LogP contribution in [0.25, 0.3) is 0 Å². The van der Waals surface area contributed by atoms with Gasteiger partial charge in [0.25, 0.3) is 0 Å². The number of benzene rings is 1. The number of halogens is 2. The van der Waals surface area contributed by atoms with Gasteiger partial charge in [0.05, 0.1) is 0 Å². The lowest BCUT2D eigenvalue weighted by molar-refractivity contribution is -0.121. The zero-order valence-corrected chi connectivity index (χ0v) is 10.7. The third-order valence-electron chi connectivity index (χ3n) is 2.37. The Hall–Kier alpha value is -1.14. The Morgan fingerprint density at radius 2 is 2.00 bits per heavy atom. The molecule has 3 N–H and O–H groups in total. The molecule has 18 heavy (non-hydrogen) atoms. The number of rotatable bonds is 7. The highest BCUT2D eigenvalue weighted by Crippen LogP contribution is 2.21. The Morgan fingerprint density at radius 3 is 2.67 bits per heavy atom. The minimum atomic E-state index is -0.827. The summed E-state index contributed by atoms with van der Waals surface area (Å²) in [5.74, 6) is 3.95. The quantitative estimate of drug-likeness (QED) is 0.264. The van der Waals surface area contributed by atoms with Crippen molar-refractivity contribution < 1.29 is 13.6 Å². The summed E-state index contributed by atoms with van der Waals surface area (Å²) >= 11 is 1.48. The number of hydrazine groups is 1. The van der Waals surface area contributed by atoms with Crippen LogP contribution in [-0.4, -0.2) is 11.7 Å². The van der Waals surface area contributed by atoms with Gasteiger partial charge in [-0.25, -0.2) is 14.6 Å². The monoisotopic (exact) mass is 274 g/mol. The summed E-state index contributed by atoms with van der Waals surface area (Å²) in [6.45, 7) is 0. The lowest BCUT2D eigenvalue weighted by atomic mass is 10.2. The molecule has 1 aromatic rings. The van der Waals surface area contributed by atoms with E-state index in [1.807, 2.05) is 0 Å². The Kier molecular flexibility index (Phi) is 6.67. The molecule has 6 heteroatoms. The van der Waals surface area contributed by atoms with Crippen LogP contribution in [0.1, 0.15) is 25.7 Å². The van der Waals surface area contributed by atoms with Gasteiger partial charge in [-0.3, -0.25) is 10.2 Å². The van der Waals surface area contributed by atoms with Crippen molar-refractivity contribution in [3.63, 3.8) is 0 Å². The number of unbranched alkanes of at least 4 members (excludes halogenated alkanes) is 2. The summed E-state index contributed by atoms with van der Waals surface area (Å²) in [7, 11) is 0. The van der Waals surface area contributed by atoms with Crippen molar-refractivity contribution in [2.75, 3.05) is 5.75 Å². The number of carbonyl (C=O) groups excluding carboxylic acids is 1. The Morgan fingerprint density at radius 1 is 1.22 bits per heavy atom. The van der Waals surface area contributed by atoms with Crippen LogP contribution < -0.4 is 11.3 Å². The van der Waals surface area contributed by atoms with Crippen LogP contribution in [0, 0.1) is 11.6 Å². The standard InChI is InChI=1S/C12H16F2N2OS/c13-10-6-5-9(8-11(10)14)18-7-3-1-2-4-12(17)16-15/h5-6,8H,1-4,7,15H2,(H,16,17). The fourth-order valence-electron chi connectivity index (χ4n) is 1.39. The Balaban J connectivity index is 2.14. The fourth-order valence-corrected chi connectivity index (χ4v) is 2.33. The molecule has 0 heterocycles. The van der Waals surface area contributed by atoms with Gasteiger partial charge in [-0.2, -0.15) is 0 Å². The molecule has 0 aliphatic carbocycles. The lowest BCUT2D eigenvalue weighted by Gasteiger charge is -2.03. The smallest absolute Gasteiger partial charge is 0.233 e. The van der Waals surface area contributed by atoms with Gasteiger partial charge in [0, 0.05) is 11.3 Å². The van der Waals surface area contributed by atoms with Crippen molar-refractivity contribution >= 4 is 17.7 Å². The molecule has 0 spiro atoms. The highest BCUT2D eigenvalue weighted by Gasteiger charge is 2.03. The van der Waals surface area contributed by atoms with Gasteiger partial charge in [-0.05, 0) is 36.8 Å². The fraction of sp³-hybridized carbons (Fsp3) is 0.417. The molecule has 0 aromatic heterocycles. The van der Waals surface area contributed by atoms with E-state index in [1.165, 1.54) is 17.8 Å². The molecule has 0 saturated heterocycles. The van der Waals surface area contributed by atoms with Crippen LogP contribution in [0.15, 0.2) is 23.1 Å². The largest absolute Gasteiger partial charge is 0.294 e. The normalized spacial score (nSPS) is 10.4. The summed E-state index contributed by atoms with van der Waals surface area (Å²) in [6, 6.07) is 3.88. The molecule has 0 saturated carbocycles. The number of hydrogen-bond donors (Lipinski definition) is 2. The number of carbonyl (C=O) groups is 1. The topological polar surface area (TPSA) is 55.1 Å². The molecule has 1 rings (SSSR count). The lowest BCUT2D eigenvalue weighted by Crippen LogP contribution is -2.29. The van der Waals surface area contributed by atoms with Crippen molar-refractivity contribution in [1.82, 2.24) is 5.43 Å². The molecular formula is C12H16F2N2OS. The molecule has 1 amide bonds. The van der Waals surface area contributed by atoms with Crippen LogP contribution in [0.3, 0.4) is 0 Å². The Labute approximate surface area is 109 Å². The molecule has 1 aromatic carbocycles. The molecule has 0 aliphatic rings. The highest BCUT2D eigenvalue weighted by atomic mass is 32.2. The van der Waals surface area contributed by atoms with Gasteiger partial charge in [0.2, 0.25) is 5.91 Å². The molecule has 0 unspecified atom stereocenters. The second-order valence-electron chi connectivity index (χ2n) is 3.80. The summed E-state index contributed by atoms with van der Waals surface area (Å²) < 4.78 is 25.6. The van der Waals surface area contributed by atoms with Gasteiger partial charge in [0.1, 0.15) is 0 Å². The van der Waals surface area contributed by atoms with E-state index in [4.69, 9.17) is 5.84 Å². The molecule has 0 bridgehead atoms. The van der Waals surface area contributed by atoms with E-state index < -0.39 is 11.6 Å². The summed E-state index contributed by atoms with van der Waals surface area (Å²) in [5.41, 5.74) is 2.07. The number of thioether (sulfide) groups is 1. The summed E-state index contributed by atoms with van der Waals surface area (Å²) in [5, 5.41) is 0. The predicted molar refractivity (Wildman–Crippen MR) is 67.9 cm³/mol. The first-order chi connectivity index (χ1) is 8.63. The maximum absolute atomic E-state index is 12.9. The van der Waals surface area contributed by atoms with E-state index in [9.17, 15) is 13.6 Å². The van der Waals surface area contributed by atoms with Crippen molar-refractivity contribution in [3.8, 4) is 0 Å². The number of nitrogens with two attached hydrogens (primary N) is 1. The predicted octanol–water partition coefficient (Wildman–Crippen LogP) is 2.61. The van der Waals surface area contributed by atoms with Gasteiger partial charge >= 0.3 is 0 Å². The number of nitrogens with one attached hydrogen (secondary N) is 1. The van der Waals surface area contributed by atoms with Crippen LogP contribution in [0.2, 0.25) is 0 Å². The average molecular weight is 274 g/mol. The van der Waals surface area contributed by atoms with Crippen LogP contribution >= 0.6 is 11.8 Å². The molecule has 0 radical (unpaired) electrons. The van der Waals surface area contributed by atoms with Gasteiger partial charge < -0.3 is 0 Å². The van der Waals surface area contributed by atoms with Gasteiger partial charge in [-0.1, -0.05) is 6.42 Å². The minimum Gasteiger partial charge on any atom is -0.294 e. The maximum atomic E-state index is 12.9. The van der Waals surface area contributed by atoms with Crippen molar-refractivity contribution in [2.45, 2.75) is 30.6 Å². The first-order valence-electron chi connectivity index (χ1n) is 5.71. The highest BCUT2D eigenvalue weighted by molar-refractivity contribution is 7.99. The van der Waals surface area contributed by atoms with E-state index in [1.54, 1.807) is 6.07 Å². The molecule has 3 nitrogen and oxygen atoms in total. The van der Waals surface area contributed by atoms with Crippen molar-refractivity contribution in [2.24, 2.45) is 5.84 Å². The van der Waals surface area contributed by atoms with E-state index >= 15 is 0 Å². The summed E-state index contributed by atoms with van der Waals surface area (Å²) in [6.07, 6.45) is 3.03. The SMILES string of the molecule is NNC(=O)CCCCCSc1ccc(F)c(F)c1. The van der Waals surface area contributed by atoms with Crippen molar-refractivity contribution in [3.05, 3.63) is 29.8 Å². The van der Waals surface area contributed by atoms with E-state index in [2.05, 4.69) is 5.43 Å². The molecule has 0 fully saturated rings. The Bertz CT molecular complexity index is 402. The maximum Gasteiger partial charge on any atom is 0.233 e. The second-order valence-corrected chi connectivity index (χ2v) is 4.97. The summed E-state index contributed by atoms with van der Waals surface area (Å²) in [4.78, 5) is 11.5. The third kappa shape index (κ3) is 5.46. The first kappa shape index (κ1) is 14.9. The number of hydrogen-bond acceptors (Lipinski definition) is 3. The second kappa shape index (κ2) is 8.05. The van der Waals surface area contributed by atoms with E-state index in [0.717, 1.165) is 31.1 Å². The third-order valence-corrected chi connectivity index (χ3v) is 3.45. The first-order valence-corrected chi connectivity index (χ1v) is 6.69. The van der Waals surface area contributed by atoms with Gasteiger partial charge in [0.15, 0.2) is 11.6 Å². The minimum absolute atomic E-state index is 0.164. The van der Waals surface area contributed by atoms with E-state index in [-0.39, 0.29) is 5.91 Å². The van der Waals surface area contributed by atoms with Crippen LogP contribution in [0.5, 0.6) is 0 Å². The van der Waals surface area contributed by atoms with Crippen molar-refractivity contribution in [1.29, 1.82) is 0 Å². The molecular weight excluding hydrogens is 258 g/mol. The van der Waals surface area contributed by atoms with Crippen LogP contribution in [0.4, 0.5) is 8.78 Å². The molecule has 0 atom stereocenters. The van der Waals surface area contributed by atoms with Crippen LogP contribution in [-0.2, 0) is 4.79 Å². The van der Waals surface area contributed by atoms with E-state index in [0.29, 0.717) is 11.3 Å². The molecule has 100 valence electrons. The average Bonchev–Trinajstić information content (AvgIpc) is 2.37. The molecule has 0 aliphatic heterocycles. The number of amides is 1. The zero-order valence-electron chi connectivity index (χ0n) is 9.92. The van der Waals surface area contributed by atoms with Gasteiger partial charge in [-0.15, -0.1) is 11.8 Å².